The summed E-state index contributed by atoms with van der Waals surface area (Å²) in [6.45, 7) is 2.46. The summed E-state index contributed by atoms with van der Waals surface area (Å²) in [6.07, 6.45) is 8.42. The van der Waals surface area contributed by atoms with Gasteiger partial charge in [-0.15, -0.1) is 0 Å². The van der Waals surface area contributed by atoms with Crippen LogP contribution in [-0.4, -0.2) is 34.2 Å². The molecule has 1 atom stereocenters. The maximum absolute atomic E-state index is 9.07. The molecule has 0 amide bonds. The zero-order chi connectivity index (χ0) is 11.2. The fraction of sp³-hybridized carbons (Fsp3) is 0.615. The number of likely N-dealkylation sites (tertiary alicyclic amines) is 1. The van der Waals surface area contributed by atoms with E-state index in [1.54, 1.807) is 0 Å². The smallest absolute Gasteiger partial charge is 0.0445 e. The lowest BCUT2D eigenvalue weighted by molar-refractivity contribution is 0.112. The number of aliphatic hydroxyl groups excluding tert-OH is 1. The maximum atomic E-state index is 9.07. The van der Waals surface area contributed by atoms with Crippen LogP contribution in [0, 0.1) is 0 Å². The Labute approximate surface area is 97.1 Å². The molecular formula is C13H20N2O. The first-order valence-corrected chi connectivity index (χ1v) is 6.14. The van der Waals surface area contributed by atoms with Crippen LogP contribution in [0.1, 0.15) is 31.2 Å². The SMILES string of the molecule is OCCC1CCCCN1Cc1ccncc1. The second-order valence-electron chi connectivity index (χ2n) is 4.49. The van der Waals surface area contributed by atoms with Gasteiger partial charge in [-0.2, -0.15) is 0 Å². The maximum Gasteiger partial charge on any atom is 0.0445 e. The minimum absolute atomic E-state index is 0.303. The van der Waals surface area contributed by atoms with Crippen molar-refractivity contribution in [2.75, 3.05) is 13.2 Å². The van der Waals surface area contributed by atoms with Gasteiger partial charge in [-0.25, -0.2) is 0 Å². The molecule has 0 saturated carbocycles. The molecule has 1 unspecified atom stereocenters. The zero-order valence-corrected chi connectivity index (χ0v) is 9.68. The molecule has 2 rings (SSSR count). The standard InChI is InChI=1S/C13H20N2O/c16-10-6-13-3-1-2-9-15(13)11-12-4-7-14-8-5-12/h4-5,7-8,13,16H,1-3,6,9-11H2. The summed E-state index contributed by atoms with van der Waals surface area (Å²) in [6, 6.07) is 4.71. The largest absolute Gasteiger partial charge is 0.396 e. The molecule has 88 valence electrons. The van der Waals surface area contributed by atoms with Gasteiger partial charge in [-0.3, -0.25) is 9.88 Å². The fourth-order valence-corrected chi connectivity index (χ4v) is 2.47. The van der Waals surface area contributed by atoms with Gasteiger partial charge in [0.1, 0.15) is 0 Å². The van der Waals surface area contributed by atoms with Crippen LogP contribution in [-0.2, 0) is 6.54 Å². The summed E-state index contributed by atoms with van der Waals surface area (Å²) >= 11 is 0. The lowest BCUT2D eigenvalue weighted by atomic mass is 9.99. The van der Waals surface area contributed by atoms with Gasteiger partial charge >= 0.3 is 0 Å². The Bertz CT molecular complexity index is 300. The van der Waals surface area contributed by atoms with Crippen LogP contribution in [0.3, 0.4) is 0 Å². The predicted molar refractivity (Wildman–Crippen MR) is 64.0 cm³/mol. The highest BCUT2D eigenvalue weighted by Crippen LogP contribution is 2.21. The Morgan fingerprint density at radius 1 is 1.31 bits per heavy atom. The molecule has 16 heavy (non-hydrogen) atoms. The second-order valence-corrected chi connectivity index (χ2v) is 4.49. The molecule has 0 radical (unpaired) electrons. The number of pyridine rings is 1. The van der Waals surface area contributed by atoms with Crippen LogP contribution in [0.15, 0.2) is 24.5 Å². The molecule has 1 fully saturated rings. The lowest BCUT2D eigenvalue weighted by Crippen LogP contribution is -2.39. The highest BCUT2D eigenvalue weighted by atomic mass is 16.3. The minimum atomic E-state index is 0.303. The first-order valence-electron chi connectivity index (χ1n) is 6.14. The van der Waals surface area contributed by atoms with Gasteiger partial charge < -0.3 is 5.11 Å². The summed E-state index contributed by atoms with van der Waals surface area (Å²) in [5.74, 6) is 0. The number of piperidine rings is 1. The number of aliphatic hydroxyl groups is 1. The van der Waals surface area contributed by atoms with Crippen molar-refractivity contribution in [3.63, 3.8) is 0 Å². The van der Waals surface area contributed by atoms with E-state index in [2.05, 4.69) is 22.0 Å². The average molecular weight is 220 g/mol. The highest BCUT2D eigenvalue weighted by Gasteiger charge is 2.21. The summed E-state index contributed by atoms with van der Waals surface area (Å²) < 4.78 is 0. The number of rotatable bonds is 4. The van der Waals surface area contributed by atoms with Crippen molar-refractivity contribution >= 4 is 0 Å². The van der Waals surface area contributed by atoms with E-state index < -0.39 is 0 Å². The monoisotopic (exact) mass is 220 g/mol. The Morgan fingerprint density at radius 2 is 2.12 bits per heavy atom. The number of hydrogen-bond acceptors (Lipinski definition) is 3. The second kappa shape index (κ2) is 5.97. The molecule has 0 spiro atoms. The third-order valence-corrected chi connectivity index (χ3v) is 3.35. The van der Waals surface area contributed by atoms with Crippen molar-refractivity contribution < 1.29 is 5.11 Å². The van der Waals surface area contributed by atoms with Crippen LogP contribution in [0.25, 0.3) is 0 Å². The Balaban J connectivity index is 1.96. The fourth-order valence-electron chi connectivity index (χ4n) is 2.47. The predicted octanol–water partition coefficient (Wildman–Crippen LogP) is 1.82. The molecule has 2 heterocycles. The first-order chi connectivity index (χ1) is 7.90. The van der Waals surface area contributed by atoms with E-state index in [-0.39, 0.29) is 0 Å². The Morgan fingerprint density at radius 3 is 2.88 bits per heavy atom. The highest BCUT2D eigenvalue weighted by molar-refractivity contribution is 5.09. The van der Waals surface area contributed by atoms with Crippen molar-refractivity contribution in [2.24, 2.45) is 0 Å². The van der Waals surface area contributed by atoms with Crippen LogP contribution in [0.4, 0.5) is 0 Å². The van der Waals surface area contributed by atoms with Gasteiger partial charge in [0, 0.05) is 31.6 Å². The van der Waals surface area contributed by atoms with Crippen LogP contribution in [0.2, 0.25) is 0 Å². The summed E-state index contributed by atoms with van der Waals surface area (Å²) in [5, 5.41) is 9.07. The van der Waals surface area contributed by atoms with Gasteiger partial charge in [0.05, 0.1) is 0 Å². The van der Waals surface area contributed by atoms with Crippen LogP contribution >= 0.6 is 0 Å². The van der Waals surface area contributed by atoms with Crippen molar-refractivity contribution in [1.82, 2.24) is 9.88 Å². The molecule has 1 aliphatic heterocycles. The third-order valence-electron chi connectivity index (χ3n) is 3.35. The van der Waals surface area contributed by atoms with Crippen molar-refractivity contribution in [1.29, 1.82) is 0 Å². The van der Waals surface area contributed by atoms with E-state index in [0.29, 0.717) is 12.6 Å². The van der Waals surface area contributed by atoms with E-state index in [0.717, 1.165) is 19.5 Å². The zero-order valence-electron chi connectivity index (χ0n) is 9.68. The minimum Gasteiger partial charge on any atom is -0.396 e. The van der Waals surface area contributed by atoms with E-state index in [1.807, 2.05) is 12.4 Å². The number of aromatic nitrogens is 1. The van der Waals surface area contributed by atoms with E-state index >= 15 is 0 Å². The van der Waals surface area contributed by atoms with Gasteiger partial charge in [-0.1, -0.05) is 6.42 Å². The molecule has 0 aromatic carbocycles. The molecule has 1 aliphatic rings. The quantitative estimate of drug-likeness (QED) is 0.841. The summed E-state index contributed by atoms with van der Waals surface area (Å²) in [5.41, 5.74) is 1.32. The molecular weight excluding hydrogens is 200 g/mol. The molecule has 1 N–H and O–H groups in total. The molecule has 3 nitrogen and oxygen atoms in total. The summed E-state index contributed by atoms with van der Waals surface area (Å²) in [4.78, 5) is 6.53. The molecule has 1 aromatic rings. The van der Waals surface area contributed by atoms with Crippen molar-refractivity contribution in [3.05, 3.63) is 30.1 Å². The third kappa shape index (κ3) is 3.03. The van der Waals surface area contributed by atoms with Gasteiger partial charge in [0.2, 0.25) is 0 Å². The van der Waals surface area contributed by atoms with Crippen LogP contribution in [0.5, 0.6) is 0 Å². The topological polar surface area (TPSA) is 36.4 Å². The number of hydrogen-bond donors (Lipinski definition) is 1. The van der Waals surface area contributed by atoms with Crippen molar-refractivity contribution in [3.8, 4) is 0 Å². The Hall–Kier alpha value is -0.930. The first kappa shape index (κ1) is 11.6. The van der Waals surface area contributed by atoms with Crippen molar-refractivity contribution in [2.45, 2.75) is 38.3 Å². The molecule has 0 aliphatic carbocycles. The summed E-state index contributed by atoms with van der Waals surface area (Å²) in [7, 11) is 0. The van der Waals surface area contributed by atoms with E-state index in [4.69, 9.17) is 5.11 Å². The van der Waals surface area contributed by atoms with E-state index in [1.165, 1.54) is 24.8 Å². The van der Waals surface area contributed by atoms with E-state index in [9.17, 15) is 0 Å². The normalized spacial score (nSPS) is 22.2. The molecule has 1 saturated heterocycles. The average Bonchev–Trinajstić information content (AvgIpc) is 2.33. The number of nitrogens with zero attached hydrogens (tertiary/aromatic N) is 2. The van der Waals surface area contributed by atoms with Crippen LogP contribution < -0.4 is 0 Å². The molecule has 3 heteroatoms. The van der Waals surface area contributed by atoms with Gasteiger partial charge in [0.15, 0.2) is 0 Å². The molecule has 0 bridgehead atoms. The lowest BCUT2D eigenvalue weighted by Gasteiger charge is -2.35. The molecule has 1 aromatic heterocycles. The van der Waals surface area contributed by atoms with Gasteiger partial charge in [-0.05, 0) is 43.5 Å². The Kier molecular flexibility index (Phi) is 4.31. The van der Waals surface area contributed by atoms with Gasteiger partial charge in [0.25, 0.3) is 0 Å².